The molecule has 1 fully saturated rings. The first-order valence-electron chi connectivity index (χ1n) is 7.09. The van der Waals surface area contributed by atoms with Crippen molar-refractivity contribution in [2.75, 3.05) is 13.1 Å². The van der Waals surface area contributed by atoms with Crippen LogP contribution in [0.3, 0.4) is 0 Å². The molecule has 0 saturated carbocycles. The molecule has 1 heterocycles. The fourth-order valence-corrected chi connectivity index (χ4v) is 1.51. The average Bonchev–Trinajstić information content (AvgIpc) is 2.57. The third kappa shape index (κ3) is 2.80. The Balaban J connectivity index is 2.84. The van der Waals surface area contributed by atoms with Crippen LogP contribution in [-0.2, 0) is 0 Å². The Morgan fingerprint density at radius 3 is 3.09 bits per heavy atom. The minimum Gasteiger partial charge on any atom is -0.330 e. The van der Waals surface area contributed by atoms with Gasteiger partial charge >= 0.3 is 0 Å². The molecule has 11 heavy (non-hydrogen) atoms. The van der Waals surface area contributed by atoms with Gasteiger partial charge in [-0.3, -0.25) is 0 Å². The molecule has 1 saturated heterocycles. The topological polar surface area (TPSA) is 38.0 Å². The molecule has 0 amide bonds. The molecular formula is C9H20N2. The lowest BCUT2D eigenvalue weighted by atomic mass is 9.94. The highest BCUT2D eigenvalue weighted by Crippen LogP contribution is 2.25. The summed E-state index contributed by atoms with van der Waals surface area (Å²) in [5.41, 5.74) is 3.65. The Bertz CT molecular complexity index is 245. The Hall–Kier alpha value is -0.0800. The predicted molar refractivity (Wildman–Crippen MR) is 48.5 cm³/mol. The van der Waals surface area contributed by atoms with Crippen LogP contribution >= 0.6 is 0 Å². The summed E-state index contributed by atoms with van der Waals surface area (Å²) in [6.07, 6.45) is 1.74. The summed E-state index contributed by atoms with van der Waals surface area (Å²) in [5.74, 6) is 0.0828. The zero-order valence-corrected chi connectivity index (χ0v) is 6.69. The third-order valence-electron chi connectivity index (χ3n) is 2.10. The standard InChI is InChI=1S/C9H20N2/c1-9(2)6-8(7-11-9)4-3-5-10/h8,11H,3-7,10H2,1-2H3/t8-/m0/s1/i1D3,2D3. The van der Waals surface area contributed by atoms with Crippen molar-refractivity contribution < 1.29 is 8.22 Å². The van der Waals surface area contributed by atoms with E-state index in [1.807, 2.05) is 0 Å². The number of nitrogens with one attached hydrogen (secondary N) is 1. The molecule has 0 bridgehead atoms. The minimum absolute atomic E-state index is 0.0828. The summed E-state index contributed by atoms with van der Waals surface area (Å²) in [7, 11) is 0. The van der Waals surface area contributed by atoms with E-state index in [-0.39, 0.29) is 12.3 Å². The van der Waals surface area contributed by atoms with E-state index in [4.69, 9.17) is 14.0 Å². The van der Waals surface area contributed by atoms with E-state index >= 15 is 0 Å². The fourth-order valence-electron chi connectivity index (χ4n) is 1.51. The Morgan fingerprint density at radius 2 is 2.55 bits per heavy atom. The van der Waals surface area contributed by atoms with Crippen molar-refractivity contribution in [3.63, 3.8) is 0 Å². The molecule has 1 aliphatic heterocycles. The molecule has 0 aromatic rings. The molecule has 66 valence electrons. The van der Waals surface area contributed by atoms with Gasteiger partial charge in [0.1, 0.15) is 0 Å². The normalized spacial score (nSPS) is 39.5. The molecule has 1 aliphatic rings. The van der Waals surface area contributed by atoms with E-state index in [1.54, 1.807) is 0 Å². The Kier molecular flexibility index (Phi) is 1.21. The predicted octanol–water partition coefficient (Wildman–Crippen LogP) is 1.11. The van der Waals surface area contributed by atoms with Gasteiger partial charge in [-0.1, -0.05) is 0 Å². The zero-order valence-electron chi connectivity index (χ0n) is 12.7. The molecule has 0 aliphatic carbocycles. The summed E-state index contributed by atoms with van der Waals surface area (Å²) in [5, 5.41) is 2.74. The maximum absolute atomic E-state index is 7.49. The van der Waals surface area contributed by atoms with Crippen LogP contribution in [0.15, 0.2) is 0 Å². The Labute approximate surface area is 78.0 Å². The maximum atomic E-state index is 7.49. The second-order valence-electron chi connectivity index (χ2n) is 3.29. The number of hydrogen-bond donors (Lipinski definition) is 2. The molecule has 1 rings (SSSR count). The molecule has 0 aromatic carbocycles. The zero-order chi connectivity index (χ0) is 13.3. The highest BCUT2D eigenvalue weighted by Gasteiger charge is 2.29. The summed E-state index contributed by atoms with van der Waals surface area (Å²) < 4.78 is 44.9. The minimum atomic E-state index is -2.52. The van der Waals surface area contributed by atoms with Crippen molar-refractivity contribution in [1.82, 2.24) is 5.32 Å². The van der Waals surface area contributed by atoms with Crippen LogP contribution in [0.5, 0.6) is 0 Å². The van der Waals surface area contributed by atoms with Crippen LogP contribution in [0.25, 0.3) is 0 Å². The second kappa shape index (κ2) is 3.55. The summed E-state index contributed by atoms with van der Waals surface area (Å²) >= 11 is 0. The monoisotopic (exact) mass is 162 g/mol. The molecule has 0 aromatic heterocycles. The quantitative estimate of drug-likeness (QED) is 0.652. The van der Waals surface area contributed by atoms with Gasteiger partial charge in [0.05, 0.1) is 0 Å². The van der Waals surface area contributed by atoms with Gasteiger partial charge in [-0.25, -0.2) is 0 Å². The molecule has 2 heteroatoms. The molecule has 0 unspecified atom stereocenters. The molecular weight excluding hydrogens is 136 g/mol. The van der Waals surface area contributed by atoms with Crippen LogP contribution in [-0.4, -0.2) is 18.6 Å². The first kappa shape index (κ1) is 3.75. The van der Waals surface area contributed by atoms with E-state index < -0.39 is 19.2 Å². The van der Waals surface area contributed by atoms with Gasteiger partial charge < -0.3 is 11.1 Å². The summed E-state index contributed by atoms with van der Waals surface area (Å²) in [6.45, 7) is -4.05. The largest absolute Gasteiger partial charge is 0.330 e. The lowest BCUT2D eigenvalue weighted by molar-refractivity contribution is 0.429. The van der Waals surface area contributed by atoms with Crippen LogP contribution in [0.4, 0.5) is 0 Å². The number of nitrogens with two attached hydrogens (primary N) is 1. The van der Waals surface area contributed by atoms with E-state index in [0.29, 0.717) is 13.1 Å². The highest BCUT2D eigenvalue weighted by atomic mass is 15.0. The van der Waals surface area contributed by atoms with Gasteiger partial charge in [0.2, 0.25) is 0 Å². The highest BCUT2D eigenvalue weighted by molar-refractivity contribution is 4.88. The average molecular weight is 162 g/mol. The molecule has 1 atom stereocenters. The first-order valence-corrected chi connectivity index (χ1v) is 4.09. The summed E-state index contributed by atoms with van der Waals surface area (Å²) in [6, 6.07) is 0. The molecule has 0 radical (unpaired) electrons. The lowest BCUT2D eigenvalue weighted by Gasteiger charge is -2.17. The van der Waals surface area contributed by atoms with Crippen LogP contribution in [0.2, 0.25) is 0 Å². The SMILES string of the molecule is [2H]C([2H])([2H])C1(C([2H])([2H])[2H])C[C@H](CCCN)CN1. The third-order valence-corrected chi connectivity index (χ3v) is 2.10. The van der Waals surface area contributed by atoms with Gasteiger partial charge in [0, 0.05) is 13.8 Å². The van der Waals surface area contributed by atoms with Crippen molar-refractivity contribution >= 4 is 0 Å². The van der Waals surface area contributed by atoms with Crippen molar-refractivity contribution in [3.8, 4) is 0 Å². The maximum Gasteiger partial charge on any atom is 0.0249 e. The number of rotatable bonds is 3. The molecule has 3 N–H and O–H groups in total. The van der Waals surface area contributed by atoms with Crippen molar-refractivity contribution in [2.24, 2.45) is 11.7 Å². The van der Waals surface area contributed by atoms with Crippen LogP contribution in [0, 0.1) is 5.92 Å². The Morgan fingerprint density at radius 1 is 1.73 bits per heavy atom. The van der Waals surface area contributed by atoms with Crippen molar-refractivity contribution in [2.45, 2.75) is 38.5 Å². The van der Waals surface area contributed by atoms with Crippen LogP contribution < -0.4 is 11.1 Å². The van der Waals surface area contributed by atoms with Crippen LogP contribution in [0.1, 0.15) is 41.2 Å². The van der Waals surface area contributed by atoms with Gasteiger partial charge in [-0.05, 0) is 52.0 Å². The van der Waals surface area contributed by atoms with E-state index in [1.165, 1.54) is 0 Å². The first-order chi connectivity index (χ1) is 7.64. The molecule has 2 nitrogen and oxygen atoms in total. The van der Waals surface area contributed by atoms with Gasteiger partial charge in [-0.15, -0.1) is 0 Å². The number of hydrogen-bond acceptors (Lipinski definition) is 2. The van der Waals surface area contributed by atoms with E-state index in [9.17, 15) is 0 Å². The van der Waals surface area contributed by atoms with E-state index in [2.05, 4.69) is 5.32 Å². The lowest BCUT2D eigenvalue weighted by Crippen LogP contribution is -2.31. The van der Waals surface area contributed by atoms with Gasteiger partial charge in [0.15, 0.2) is 0 Å². The smallest absolute Gasteiger partial charge is 0.0249 e. The second-order valence-corrected chi connectivity index (χ2v) is 3.29. The van der Waals surface area contributed by atoms with E-state index in [0.717, 1.165) is 12.8 Å². The van der Waals surface area contributed by atoms with Gasteiger partial charge in [-0.2, -0.15) is 0 Å². The van der Waals surface area contributed by atoms with Crippen molar-refractivity contribution in [1.29, 1.82) is 0 Å². The summed E-state index contributed by atoms with van der Waals surface area (Å²) in [4.78, 5) is 0. The fraction of sp³-hybridized carbons (Fsp3) is 1.00. The molecule has 0 spiro atoms. The van der Waals surface area contributed by atoms with Crippen molar-refractivity contribution in [3.05, 3.63) is 0 Å². The van der Waals surface area contributed by atoms with Gasteiger partial charge in [0.25, 0.3) is 0 Å².